The molecular weight excluding hydrogens is 456 g/mol. The second-order valence-electron chi connectivity index (χ2n) is 10.2. The largest absolute Gasteiger partial charge is 0.473 e. The van der Waals surface area contributed by atoms with E-state index in [0.717, 1.165) is 40.6 Å². The summed E-state index contributed by atoms with van der Waals surface area (Å²) < 4.78 is 0. The predicted octanol–water partition coefficient (Wildman–Crippen LogP) is 5.78. The number of aliphatic carboxylic acids is 2. The number of carboxylic acids is 2. The van der Waals surface area contributed by atoms with Crippen LogP contribution in [-0.4, -0.2) is 56.8 Å². The fraction of sp³-hybridized carbons (Fsp3) is 0.483. The summed E-state index contributed by atoms with van der Waals surface area (Å²) in [6.45, 7) is 13.8. The number of carboxylic acid groups (broad SMARTS) is 2. The molecule has 1 aromatic heterocycles. The van der Waals surface area contributed by atoms with Crippen molar-refractivity contribution >= 4 is 33.6 Å². The van der Waals surface area contributed by atoms with Crippen LogP contribution in [0.25, 0.3) is 21.7 Å². The summed E-state index contributed by atoms with van der Waals surface area (Å²) >= 11 is 0. The molecule has 3 rings (SSSR count). The number of aliphatic hydroxyl groups is 1. The SMILES string of the molecule is CCCCN(CCCC)CC(O)c1cc(C(C)(C)C)nc2c1ccc1ccccc12.O=C(O)C(=O)O. The van der Waals surface area contributed by atoms with Crippen molar-refractivity contribution in [1.82, 2.24) is 9.88 Å². The molecule has 1 unspecified atom stereocenters. The smallest absolute Gasteiger partial charge is 0.414 e. The molecule has 196 valence electrons. The topological polar surface area (TPSA) is 111 Å². The van der Waals surface area contributed by atoms with E-state index in [0.29, 0.717) is 6.54 Å². The number of unbranched alkanes of at least 4 members (excludes halogenated alkanes) is 2. The maximum absolute atomic E-state index is 11.4. The van der Waals surface area contributed by atoms with Crippen LogP contribution in [0.4, 0.5) is 0 Å². The van der Waals surface area contributed by atoms with E-state index in [1.807, 2.05) is 0 Å². The van der Waals surface area contributed by atoms with E-state index < -0.39 is 18.0 Å². The zero-order valence-electron chi connectivity index (χ0n) is 22.1. The molecule has 0 spiro atoms. The highest BCUT2D eigenvalue weighted by Gasteiger charge is 2.23. The number of pyridine rings is 1. The minimum absolute atomic E-state index is 0.0796. The Labute approximate surface area is 213 Å². The molecule has 2 aromatic carbocycles. The molecule has 0 saturated heterocycles. The average Bonchev–Trinajstić information content (AvgIpc) is 2.84. The van der Waals surface area contributed by atoms with Crippen molar-refractivity contribution in [3.05, 3.63) is 53.7 Å². The Balaban J connectivity index is 0.000000678. The Bertz CT molecular complexity index is 1150. The highest BCUT2D eigenvalue weighted by atomic mass is 16.4. The number of aromatic nitrogens is 1. The average molecular weight is 497 g/mol. The van der Waals surface area contributed by atoms with Crippen LogP contribution in [0.3, 0.4) is 0 Å². The molecule has 0 aliphatic rings. The Morgan fingerprint density at radius 3 is 2.03 bits per heavy atom. The van der Waals surface area contributed by atoms with Crippen LogP contribution >= 0.6 is 0 Å². The number of fused-ring (bicyclic) bond motifs is 3. The lowest BCUT2D eigenvalue weighted by Gasteiger charge is -2.27. The second kappa shape index (κ2) is 13.3. The van der Waals surface area contributed by atoms with E-state index in [2.05, 4.69) is 82.0 Å². The highest BCUT2D eigenvalue weighted by Crippen LogP contribution is 2.33. The number of hydrogen-bond acceptors (Lipinski definition) is 5. The number of benzene rings is 2. The van der Waals surface area contributed by atoms with Gasteiger partial charge in [0.25, 0.3) is 0 Å². The van der Waals surface area contributed by atoms with E-state index in [-0.39, 0.29) is 5.41 Å². The molecule has 0 amide bonds. The Hall–Kier alpha value is -3.03. The third kappa shape index (κ3) is 8.00. The third-order valence-electron chi connectivity index (χ3n) is 6.13. The molecule has 3 aromatic rings. The van der Waals surface area contributed by atoms with Crippen molar-refractivity contribution in [2.45, 2.75) is 71.8 Å². The lowest BCUT2D eigenvalue weighted by Crippen LogP contribution is -2.31. The van der Waals surface area contributed by atoms with Crippen LogP contribution < -0.4 is 0 Å². The maximum atomic E-state index is 11.4. The first-order chi connectivity index (χ1) is 17.0. The number of carbonyl (C=O) groups is 2. The fourth-order valence-electron chi connectivity index (χ4n) is 4.05. The molecule has 0 radical (unpaired) electrons. The van der Waals surface area contributed by atoms with Crippen molar-refractivity contribution in [3.63, 3.8) is 0 Å². The first-order valence-corrected chi connectivity index (χ1v) is 12.7. The summed E-state index contributed by atoms with van der Waals surface area (Å²) in [5.41, 5.74) is 2.97. The Kier molecular flexibility index (Phi) is 10.8. The van der Waals surface area contributed by atoms with Crippen molar-refractivity contribution in [1.29, 1.82) is 0 Å². The van der Waals surface area contributed by atoms with E-state index in [9.17, 15) is 5.11 Å². The van der Waals surface area contributed by atoms with Gasteiger partial charge < -0.3 is 20.2 Å². The van der Waals surface area contributed by atoms with Crippen molar-refractivity contribution in [2.75, 3.05) is 19.6 Å². The first kappa shape index (κ1) is 29.2. The third-order valence-corrected chi connectivity index (χ3v) is 6.13. The van der Waals surface area contributed by atoms with E-state index in [1.165, 1.54) is 31.1 Å². The van der Waals surface area contributed by atoms with Gasteiger partial charge in [0.2, 0.25) is 0 Å². The van der Waals surface area contributed by atoms with E-state index in [4.69, 9.17) is 24.8 Å². The first-order valence-electron chi connectivity index (χ1n) is 12.7. The molecule has 0 aliphatic carbocycles. The maximum Gasteiger partial charge on any atom is 0.414 e. The molecule has 36 heavy (non-hydrogen) atoms. The summed E-state index contributed by atoms with van der Waals surface area (Å²) in [7, 11) is 0. The van der Waals surface area contributed by atoms with Crippen LogP contribution in [0.2, 0.25) is 0 Å². The Morgan fingerprint density at radius 2 is 1.50 bits per heavy atom. The summed E-state index contributed by atoms with van der Waals surface area (Å²) in [5.74, 6) is -3.65. The van der Waals surface area contributed by atoms with Crippen molar-refractivity contribution in [2.24, 2.45) is 0 Å². The minimum atomic E-state index is -1.82. The minimum Gasteiger partial charge on any atom is -0.473 e. The van der Waals surface area contributed by atoms with Gasteiger partial charge in [0.05, 0.1) is 11.6 Å². The van der Waals surface area contributed by atoms with Gasteiger partial charge in [-0.25, -0.2) is 9.59 Å². The number of hydrogen-bond donors (Lipinski definition) is 3. The monoisotopic (exact) mass is 496 g/mol. The molecular formula is C29H40N2O5. The number of nitrogens with zero attached hydrogens (tertiary/aromatic N) is 2. The summed E-state index contributed by atoms with van der Waals surface area (Å²) in [6, 6.07) is 14.8. The van der Waals surface area contributed by atoms with Crippen LogP contribution in [0.1, 0.15) is 77.7 Å². The molecule has 0 saturated carbocycles. The second-order valence-corrected chi connectivity index (χ2v) is 10.2. The van der Waals surface area contributed by atoms with Crippen molar-refractivity contribution < 1.29 is 24.9 Å². The van der Waals surface area contributed by atoms with Gasteiger partial charge in [-0.1, -0.05) is 83.9 Å². The summed E-state index contributed by atoms with van der Waals surface area (Å²) in [4.78, 5) is 25.7. The van der Waals surface area contributed by atoms with Gasteiger partial charge in [-0.2, -0.15) is 0 Å². The lowest BCUT2D eigenvalue weighted by atomic mass is 9.88. The normalized spacial score (nSPS) is 12.4. The van der Waals surface area contributed by atoms with Gasteiger partial charge in [0.1, 0.15) is 0 Å². The molecule has 7 heteroatoms. The molecule has 0 fully saturated rings. The molecule has 3 N–H and O–H groups in total. The van der Waals surface area contributed by atoms with Crippen LogP contribution in [0, 0.1) is 0 Å². The lowest BCUT2D eigenvalue weighted by molar-refractivity contribution is -0.159. The fourth-order valence-corrected chi connectivity index (χ4v) is 4.05. The molecule has 7 nitrogen and oxygen atoms in total. The van der Waals surface area contributed by atoms with Gasteiger partial charge in [-0.3, -0.25) is 4.98 Å². The standard InChI is InChI=1S/C27H38N2O.C2H2O4/c1-6-8-16-29(17-9-7-2)19-24(30)23-18-25(27(3,4)5)28-26-21-13-11-10-12-20(21)14-15-22(23)26;3-1(4)2(5)6/h10-15,18,24,30H,6-9,16-17,19H2,1-5H3;(H,3,4)(H,5,6). The van der Waals surface area contributed by atoms with Gasteiger partial charge >= 0.3 is 11.9 Å². The number of aliphatic hydroxyl groups excluding tert-OH is 1. The highest BCUT2D eigenvalue weighted by molar-refractivity contribution is 6.27. The van der Waals surface area contributed by atoms with Crippen LogP contribution in [0.15, 0.2) is 42.5 Å². The van der Waals surface area contributed by atoms with Gasteiger partial charge in [-0.15, -0.1) is 0 Å². The summed E-state index contributed by atoms with van der Waals surface area (Å²) in [6.07, 6.45) is 4.18. The number of rotatable bonds is 9. The zero-order chi connectivity index (χ0) is 26.9. The van der Waals surface area contributed by atoms with Crippen molar-refractivity contribution in [3.8, 4) is 0 Å². The van der Waals surface area contributed by atoms with Crippen LogP contribution in [0.5, 0.6) is 0 Å². The quantitative estimate of drug-likeness (QED) is 0.254. The summed E-state index contributed by atoms with van der Waals surface area (Å²) in [5, 5.41) is 29.6. The molecule has 1 heterocycles. The van der Waals surface area contributed by atoms with E-state index >= 15 is 0 Å². The molecule has 1 atom stereocenters. The Morgan fingerprint density at radius 1 is 0.917 bits per heavy atom. The van der Waals surface area contributed by atoms with Crippen LogP contribution in [-0.2, 0) is 15.0 Å². The zero-order valence-corrected chi connectivity index (χ0v) is 22.1. The van der Waals surface area contributed by atoms with Gasteiger partial charge in [0.15, 0.2) is 0 Å². The molecule has 0 aliphatic heterocycles. The van der Waals surface area contributed by atoms with Gasteiger partial charge in [0, 0.05) is 28.4 Å². The van der Waals surface area contributed by atoms with Gasteiger partial charge in [-0.05, 0) is 42.9 Å². The van der Waals surface area contributed by atoms with E-state index in [1.54, 1.807) is 0 Å². The molecule has 0 bridgehead atoms. The predicted molar refractivity (Wildman–Crippen MR) is 144 cm³/mol.